The summed E-state index contributed by atoms with van der Waals surface area (Å²) in [4.78, 5) is 17.3. The molecule has 1 heterocycles. The molecule has 1 aliphatic carbocycles. The second kappa shape index (κ2) is 6.82. The molecule has 1 amide bonds. The average Bonchev–Trinajstić information content (AvgIpc) is 3.00. The summed E-state index contributed by atoms with van der Waals surface area (Å²) in [5, 5.41) is 14.6. The van der Waals surface area contributed by atoms with Crippen LogP contribution >= 0.6 is 0 Å². The van der Waals surface area contributed by atoms with E-state index in [0.29, 0.717) is 11.4 Å². The molecule has 0 unspecified atom stereocenters. The molecule has 0 aliphatic heterocycles. The number of hydrogen-bond donors (Lipinski definition) is 1. The van der Waals surface area contributed by atoms with E-state index < -0.39 is 0 Å². The quantitative estimate of drug-likeness (QED) is 0.872. The molecule has 7 nitrogen and oxygen atoms in total. The molecule has 3 rings (SSSR count). The molecule has 126 valence electrons. The maximum atomic E-state index is 12.1. The van der Waals surface area contributed by atoms with Gasteiger partial charge < -0.3 is 10.2 Å². The Bertz CT molecular complexity index is 772. The van der Waals surface area contributed by atoms with Gasteiger partial charge in [0.1, 0.15) is 11.4 Å². The standard InChI is InChI=1S/C17H20N4O3/c1-10-7-11(2)16(12(3)8-10)18-15(22)9-23-19-13-5-4-6-14-17(13)21-24-20-14/h7-8H,4-6,9H2,1-3H3,(H,18,22). The van der Waals surface area contributed by atoms with Crippen LogP contribution in [0.2, 0.25) is 0 Å². The first-order chi connectivity index (χ1) is 11.5. The number of fused-ring (bicyclic) bond motifs is 1. The van der Waals surface area contributed by atoms with Gasteiger partial charge in [-0.15, -0.1) is 0 Å². The monoisotopic (exact) mass is 328 g/mol. The van der Waals surface area contributed by atoms with Gasteiger partial charge >= 0.3 is 0 Å². The lowest BCUT2D eigenvalue weighted by Gasteiger charge is -2.13. The first kappa shape index (κ1) is 16.2. The van der Waals surface area contributed by atoms with Gasteiger partial charge in [0.15, 0.2) is 12.3 Å². The molecule has 0 atom stereocenters. The van der Waals surface area contributed by atoms with Crippen LogP contribution in [0.4, 0.5) is 5.69 Å². The van der Waals surface area contributed by atoms with Crippen molar-refractivity contribution in [2.24, 2.45) is 5.16 Å². The molecule has 7 heteroatoms. The molecule has 1 aromatic heterocycles. The van der Waals surface area contributed by atoms with Gasteiger partial charge in [-0.1, -0.05) is 28.0 Å². The Balaban J connectivity index is 1.61. The van der Waals surface area contributed by atoms with Crippen LogP contribution in [0, 0.1) is 20.8 Å². The van der Waals surface area contributed by atoms with Crippen molar-refractivity contribution >= 4 is 17.3 Å². The van der Waals surface area contributed by atoms with Gasteiger partial charge in [-0.25, -0.2) is 4.63 Å². The minimum Gasteiger partial charge on any atom is -0.385 e. The highest BCUT2D eigenvalue weighted by atomic mass is 16.6. The molecule has 0 radical (unpaired) electrons. The summed E-state index contributed by atoms with van der Waals surface area (Å²) < 4.78 is 4.72. The fourth-order valence-electron chi connectivity index (χ4n) is 2.94. The largest absolute Gasteiger partial charge is 0.385 e. The summed E-state index contributed by atoms with van der Waals surface area (Å²) in [6.07, 6.45) is 2.47. The minimum atomic E-state index is -0.247. The third-order valence-electron chi connectivity index (χ3n) is 3.97. The number of nitrogens with zero attached hydrogens (tertiary/aromatic N) is 3. The van der Waals surface area contributed by atoms with Crippen molar-refractivity contribution in [3.8, 4) is 0 Å². The van der Waals surface area contributed by atoms with E-state index in [1.54, 1.807) is 0 Å². The average molecular weight is 328 g/mol. The number of rotatable bonds is 4. The molecule has 0 spiro atoms. The SMILES string of the molecule is Cc1cc(C)c(NC(=O)CON=C2CCCc3nonc32)c(C)c1. The zero-order chi connectivity index (χ0) is 17.1. The van der Waals surface area contributed by atoms with Crippen LogP contribution in [0.1, 0.15) is 40.9 Å². The maximum Gasteiger partial charge on any atom is 0.265 e. The van der Waals surface area contributed by atoms with E-state index in [0.717, 1.165) is 41.8 Å². The molecule has 24 heavy (non-hydrogen) atoms. The van der Waals surface area contributed by atoms with Crippen molar-refractivity contribution in [3.63, 3.8) is 0 Å². The van der Waals surface area contributed by atoms with Gasteiger partial charge in [0.2, 0.25) is 0 Å². The van der Waals surface area contributed by atoms with Crippen LogP contribution in [-0.4, -0.2) is 28.5 Å². The molecule has 0 saturated heterocycles. The highest BCUT2D eigenvalue weighted by molar-refractivity contribution is 6.00. The third kappa shape index (κ3) is 3.45. The van der Waals surface area contributed by atoms with E-state index in [1.807, 2.05) is 32.9 Å². The highest BCUT2D eigenvalue weighted by Crippen LogP contribution is 2.22. The molecule has 0 bridgehead atoms. The van der Waals surface area contributed by atoms with Crippen molar-refractivity contribution in [3.05, 3.63) is 40.2 Å². The summed E-state index contributed by atoms with van der Waals surface area (Å²) in [6.45, 7) is 5.81. The van der Waals surface area contributed by atoms with Gasteiger partial charge in [-0.2, -0.15) is 0 Å². The summed E-state index contributed by atoms with van der Waals surface area (Å²) in [5.74, 6) is -0.247. The van der Waals surface area contributed by atoms with Crippen molar-refractivity contribution in [2.45, 2.75) is 40.0 Å². The fourth-order valence-corrected chi connectivity index (χ4v) is 2.94. The Kier molecular flexibility index (Phi) is 4.59. The fraction of sp³-hybridized carbons (Fsp3) is 0.412. The molecule has 0 saturated carbocycles. The van der Waals surface area contributed by atoms with Gasteiger partial charge in [0, 0.05) is 5.69 Å². The van der Waals surface area contributed by atoms with Gasteiger partial charge in [-0.3, -0.25) is 4.79 Å². The van der Waals surface area contributed by atoms with E-state index in [2.05, 4.69) is 20.8 Å². The molecule has 1 aliphatic rings. The summed E-state index contributed by atoms with van der Waals surface area (Å²) in [7, 11) is 0. The predicted octanol–water partition coefficient (Wildman–Crippen LogP) is 2.69. The molecule has 1 aromatic carbocycles. The number of aromatic nitrogens is 2. The Labute approximate surface area is 140 Å². The second-order valence-corrected chi connectivity index (χ2v) is 6.05. The summed E-state index contributed by atoms with van der Waals surface area (Å²) in [5.41, 5.74) is 6.14. The molecule has 1 N–H and O–H groups in total. The Morgan fingerprint density at radius 2 is 2.00 bits per heavy atom. The van der Waals surface area contributed by atoms with E-state index in [4.69, 9.17) is 9.47 Å². The Morgan fingerprint density at radius 1 is 1.25 bits per heavy atom. The van der Waals surface area contributed by atoms with Crippen LogP contribution in [-0.2, 0) is 16.1 Å². The molecule has 0 fully saturated rings. The first-order valence-corrected chi connectivity index (χ1v) is 7.93. The first-order valence-electron chi connectivity index (χ1n) is 7.93. The number of anilines is 1. The topological polar surface area (TPSA) is 89.6 Å². The van der Waals surface area contributed by atoms with Crippen LogP contribution < -0.4 is 5.32 Å². The number of oxime groups is 1. The van der Waals surface area contributed by atoms with Crippen molar-refractivity contribution in [2.75, 3.05) is 11.9 Å². The number of hydrogen-bond acceptors (Lipinski definition) is 6. The summed E-state index contributed by atoms with van der Waals surface area (Å²) in [6, 6.07) is 4.07. The number of aryl methyl sites for hydroxylation is 4. The lowest BCUT2D eigenvalue weighted by Crippen LogP contribution is -2.19. The second-order valence-electron chi connectivity index (χ2n) is 6.05. The van der Waals surface area contributed by atoms with Crippen LogP contribution in [0.5, 0.6) is 0 Å². The Hall–Kier alpha value is -2.70. The lowest BCUT2D eigenvalue weighted by molar-refractivity contribution is -0.120. The number of carbonyl (C=O) groups excluding carboxylic acids is 1. The van der Waals surface area contributed by atoms with Crippen LogP contribution in [0.15, 0.2) is 21.9 Å². The van der Waals surface area contributed by atoms with Crippen molar-refractivity contribution in [1.82, 2.24) is 10.3 Å². The highest BCUT2D eigenvalue weighted by Gasteiger charge is 2.21. The van der Waals surface area contributed by atoms with Crippen LogP contribution in [0.3, 0.4) is 0 Å². The van der Waals surface area contributed by atoms with Gasteiger partial charge in [0.25, 0.3) is 5.91 Å². The van der Waals surface area contributed by atoms with Gasteiger partial charge in [-0.05, 0) is 56.3 Å². The molecule has 2 aromatic rings. The summed E-state index contributed by atoms with van der Waals surface area (Å²) >= 11 is 0. The minimum absolute atomic E-state index is 0.156. The van der Waals surface area contributed by atoms with Gasteiger partial charge in [0.05, 0.1) is 0 Å². The zero-order valence-electron chi connectivity index (χ0n) is 14.0. The van der Waals surface area contributed by atoms with E-state index in [1.165, 1.54) is 5.56 Å². The predicted molar refractivity (Wildman–Crippen MR) is 89.0 cm³/mol. The maximum absolute atomic E-state index is 12.1. The molecular formula is C17H20N4O3. The Morgan fingerprint density at radius 3 is 2.75 bits per heavy atom. The van der Waals surface area contributed by atoms with Crippen molar-refractivity contribution < 1.29 is 14.3 Å². The van der Waals surface area contributed by atoms with Crippen molar-refractivity contribution in [1.29, 1.82) is 0 Å². The van der Waals surface area contributed by atoms with E-state index >= 15 is 0 Å². The normalized spacial score (nSPS) is 15.2. The van der Waals surface area contributed by atoms with E-state index in [-0.39, 0.29) is 12.5 Å². The van der Waals surface area contributed by atoms with E-state index in [9.17, 15) is 4.79 Å². The smallest absolute Gasteiger partial charge is 0.265 e. The number of nitrogens with one attached hydrogen (secondary N) is 1. The lowest BCUT2D eigenvalue weighted by atomic mass is 9.99. The molecular weight excluding hydrogens is 308 g/mol. The zero-order valence-corrected chi connectivity index (χ0v) is 14.0. The number of carbonyl (C=O) groups is 1. The van der Waals surface area contributed by atoms with Crippen LogP contribution in [0.25, 0.3) is 0 Å². The number of amides is 1. The third-order valence-corrected chi connectivity index (χ3v) is 3.97. The number of benzene rings is 1.